The molecular formula is C29H24BrNO4S. The number of methoxy groups -OCH3 is 1. The van der Waals surface area contributed by atoms with Gasteiger partial charge in [0.05, 0.1) is 12.8 Å². The van der Waals surface area contributed by atoms with Crippen LogP contribution in [0.1, 0.15) is 27.0 Å². The molecular weight excluding hydrogens is 538 g/mol. The SMILES string of the molecule is COC(=O)c1c(OCc2ccccc2)nc2c(c1OCc1ccccc1)CCSc1cc(Br)ccc1-2. The number of hydrogen-bond donors (Lipinski definition) is 0. The molecule has 1 aromatic heterocycles. The van der Waals surface area contributed by atoms with E-state index in [1.165, 1.54) is 7.11 Å². The van der Waals surface area contributed by atoms with E-state index in [2.05, 4.69) is 22.0 Å². The molecule has 182 valence electrons. The largest absolute Gasteiger partial charge is 0.487 e. The number of carbonyl (C=O) groups excluding carboxylic acids is 1. The summed E-state index contributed by atoms with van der Waals surface area (Å²) >= 11 is 5.34. The number of carbonyl (C=O) groups is 1. The second-order valence-electron chi connectivity index (χ2n) is 8.23. The molecule has 0 radical (unpaired) electrons. The number of ether oxygens (including phenoxy) is 3. The second kappa shape index (κ2) is 11.2. The van der Waals surface area contributed by atoms with Gasteiger partial charge in [-0.15, -0.1) is 11.8 Å². The first kappa shape index (κ1) is 24.4. The Morgan fingerprint density at radius 3 is 2.28 bits per heavy atom. The fourth-order valence-corrected chi connectivity index (χ4v) is 5.68. The van der Waals surface area contributed by atoms with Crippen molar-refractivity contribution >= 4 is 33.7 Å². The van der Waals surface area contributed by atoms with Crippen molar-refractivity contribution in [1.82, 2.24) is 4.98 Å². The topological polar surface area (TPSA) is 57.7 Å². The minimum atomic E-state index is -0.538. The van der Waals surface area contributed by atoms with Crippen LogP contribution in [-0.4, -0.2) is 23.8 Å². The highest BCUT2D eigenvalue weighted by Crippen LogP contribution is 2.45. The van der Waals surface area contributed by atoms with Gasteiger partial charge < -0.3 is 14.2 Å². The molecule has 0 bridgehead atoms. The van der Waals surface area contributed by atoms with Gasteiger partial charge in [0, 0.05) is 26.2 Å². The maximum absolute atomic E-state index is 13.1. The summed E-state index contributed by atoms with van der Waals surface area (Å²) in [6, 6.07) is 25.8. The lowest BCUT2D eigenvalue weighted by atomic mass is 10.00. The maximum atomic E-state index is 13.1. The van der Waals surface area contributed by atoms with E-state index in [0.29, 0.717) is 18.8 Å². The zero-order chi connectivity index (χ0) is 24.9. The highest BCUT2D eigenvalue weighted by atomic mass is 79.9. The highest BCUT2D eigenvalue weighted by molar-refractivity contribution is 9.10. The zero-order valence-electron chi connectivity index (χ0n) is 19.7. The minimum Gasteiger partial charge on any atom is -0.487 e. The van der Waals surface area contributed by atoms with Gasteiger partial charge in [0.1, 0.15) is 19.0 Å². The molecule has 0 atom stereocenters. The van der Waals surface area contributed by atoms with Gasteiger partial charge in [-0.05, 0) is 29.7 Å². The predicted molar refractivity (Wildman–Crippen MR) is 145 cm³/mol. The number of benzene rings is 3. The summed E-state index contributed by atoms with van der Waals surface area (Å²) in [6.45, 7) is 0.566. The molecule has 36 heavy (non-hydrogen) atoms. The maximum Gasteiger partial charge on any atom is 0.347 e. The average molecular weight is 562 g/mol. The Kier molecular flexibility index (Phi) is 7.58. The summed E-state index contributed by atoms with van der Waals surface area (Å²) in [5.41, 5.74) is 4.82. The molecule has 0 amide bonds. The molecule has 0 saturated heterocycles. The van der Waals surface area contributed by atoms with Gasteiger partial charge >= 0.3 is 5.97 Å². The van der Waals surface area contributed by atoms with Crippen molar-refractivity contribution in [2.24, 2.45) is 0 Å². The van der Waals surface area contributed by atoms with Crippen molar-refractivity contribution in [2.75, 3.05) is 12.9 Å². The van der Waals surface area contributed by atoms with E-state index < -0.39 is 5.97 Å². The molecule has 4 aromatic rings. The lowest BCUT2D eigenvalue weighted by Gasteiger charge is -2.20. The molecule has 1 aliphatic heterocycles. The first-order valence-electron chi connectivity index (χ1n) is 11.6. The minimum absolute atomic E-state index is 0.202. The van der Waals surface area contributed by atoms with Crippen molar-refractivity contribution in [2.45, 2.75) is 24.5 Å². The Balaban J connectivity index is 1.66. The standard InChI is InChI=1S/C29H24BrNO4S/c1-33-29(32)25-27(34-17-19-8-4-2-5-9-19)23-14-15-36-24-16-21(30)12-13-22(24)26(23)31-28(25)35-18-20-10-6-3-7-11-20/h2-13,16H,14-15,17-18H2,1H3. The van der Waals surface area contributed by atoms with E-state index >= 15 is 0 Å². The second-order valence-corrected chi connectivity index (χ2v) is 10.3. The molecule has 5 rings (SSSR count). The number of hydrogen-bond acceptors (Lipinski definition) is 6. The van der Waals surface area contributed by atoms with Gasteiger partial charge in [0.25, 0.3) is 0 Å². The van der Waals surface area contributed by atoms with Crippen molar-refractivity contribution < 1.29 is 19.0 Å². The van der Waals surface area contributed by atoms with Crippen LogP contribution in [0.25, 0.3) is 11.3 Å². The number of rotatable bonds is 7. The smallest absolute Gasteiger partial charge is 0.347 e. The highest BCUT2D eigenvalue weighted by Gasteiger charge is 2.30. The Labute approximate surface area is 222 Å². The van der Waals surface area contributed by atoms with Gasteiger partial charge in [0.15, 0.2) is 5.56 Å². The summed E-state index contributed by atoms with van der Waals surface area (Å²) < 4.78 is 18.8. The Bertz CT molecular complexity index is 1380. The summed E-state index contributed by atoms with van der Waals surface area (Å²) in [4.78, 5) is 19.1. The number of halogens is 1. The van der Waals surface area contributed by atoms with Crippen molar-refractivity contribution in [3.05, 3.63) is 106 Å². The number of aromatic nitrogens is 1. The molecule has 3 aromatic carbocycles. The van der Waals surface area contributed by atoms with Crippen LogP contribution in [0.3, 0.4) is 0 Å². The van der Waals surface area contributed by atoms with Crippen LogP contribution >= 0.6 is 27.7 Å². The van der Waals surface area contributed by atoms with Gasteiger partial charge in [-0.3, -0.25) is 0 Å². The van der Waals surface area contributed by atoms with E-state index in [9.17, 15) is 4.79 Å². The fourth-order valence-electron chi connectivity index (χ4n) is 4.11. The van der Waals surface area contributed by atoms with E-state index in [-0.39, 0.29) is 18.1 Å². The number of esters is 1. The van der Waals surface area contributed by atoms with Crippen molar-refractivity contribution in [3.8, 4) is 22.9 Å². The first-order chi connectivity index (χ1) is 17.6. The third kappa shape index (κ3) is 5.27. The van der Waals surface area contributed by atoms with Crippen LogP contribution < -0.4 is 9.47 Å². The van der Waals surface area contributed by atoms with Crippen LogP contribution in [-0.2, 0) is 24.4 Å². The van der Waals surface area contributed by atoms with E-state index in [1.807, 2.05) is 72.8 Å². The molecule has 0 aliphatic carbocycles. The van der Waals surface area contributed by atoms with Crippen LogP contribution in [0.2, 0.25) is 0 Å². The van der Waals surface area contributed by atoms with Crippen LogP contribution in [0.4, 0.5) is 0 Å². The molecule has 0 spiro atoms. The van der Waals surface area contributed by atoms with Gasteiger partial charge in [-0.2, -0.15) is 0 Å². The molecule has 0 fully saturated rings. The van der Waals surface area contributed by atoms with Gasteiger partial charge in [-0.25, -0.2) is 9.78 Å². The number of pyridine rings is 1. The molecule has 0 saturated carbocycles. The van der Waals surface area contributed by atoms with Crippen LogP contribution in [0.15, 0.2) is 88.2 Å². The van der Waals surface area contributed by atoms with Crippen LogP contribution in [0.5, 0.6) is 11.6 Å². The summed E-state index contributed by atoms with van der Waals surface area (Å²) in [6.07, 6.45) is 0.687. The third-order valence-electron chi connectivity index (χ3n) is 5.86. The molecule has 0 N–H and O–H groups in total. The third-order valence-corrected chi connectivity index (χ3v) is 7.41. The molecule has 2 heterocycles. The van der Waals surface area contributed by atoms with Gasteiger partial charge in [-0.1, -0.05) is 82.7 Å². The van der Waals surface area contributed by atoms with Crippen molar-refractivity contribution in [3.63, 3.8) is 0 Å². The normalized spacial score (nSPS) is 12.2. The fraction of sp³-hybridized carbons (Fsp3) is 0.172. The number of fused-ring (bicyclic) bond motifs is 3. The van der Waals surface area contributed by atoms with E-state index in [0.717, 1.165) is 43.1 Å². The monoisotopic (exact) mass is 561 g/mol. The predicted octanol–water partition coefficient (Wildman–Crippen LogP) is 7.10. The Hall–Kier alpha value is -3.29. The molecule has 1 aliphatic rings. The van der Waals surface area contributed by atoms with E-state index in [1.54, 1.807) is 11.8 Å². The summed E-state index contributed by atoms with van der Waals surface area (Å²) in [7, 11) is 1.36. The van der Waals surface area contributed by atoms with Crippen molar-refractivity contribution in [1.29, 1.82) is 0 Å². The average Bonchev–Trinajstić information content (AvgIpc) is 3.09. The van der Waals surface area contributed by atoms with Gasteiger partial charge in [0.2, 0.25) is 5.88 Å². The molecule has 7 heteroatoms. The van der Waals surface area contributed by atoms with Crippen LogP contribution in [0, 0.1) is 0 Å². The Morgan fingerprint density at radius 1 is 0.944 bits per heavy atom. The van der Waals surface area contributed by atoms with E-state index in [4.69, 9.17) is 19.2 Å². The summed E-state index contributed by atoms with van der Waals surface area (Å²) in [5, 5.41) is 0. The zero-order valence-corrected chi connectivity index (χ0v) is 22.1. The lowest BCUT2D eigenvalue weighted by molar-refractivity contribution is 0.0588. The summed E-state index contributed by atoms with van der Waals surface area (Å²) in [5.74, 6) is 0.956. The molecule has 0 unspecified atom stereocenters. The number of nitrogens with zero attached hydrogens (tertiary/aromatic N) is 1. The quantitative estimate of drug-likeness (QED) is 0.224. The lowest BCUT2D eigenvalue weighted by Crippen LogP contribution is -2.14. The number of thioether (sulfide) groups is 1. The Morgan fingerprint density at radius 2 is 1.61 bits per heavy atom. The first-order valence-corrected chi connectivity index (χ1v) is 13.3. The molecule has 5 nitrogen and oxygen atoms in total.